The largest absolute Gasteiger partial charge is 0.390 e. The van der Waals surface area contributed by atoms with Crippen molar-refractivity contribution in [2.45, 2.75) is 82.4 Å². The van der Waals surface area contributed by atoms with Gasteiger partial charge in [0.1, 0.15) is 6.17 Å². The van der Waals surface area contributed by atoms with Gasteiger partial charge >= 0.3 is 0 Å². The summed E-state index contributed by atoms with van der Waals surface area (Å²) >= 11 is 6.07. The van der Waals surface area contributed by atoms with Crippen LogP contribution < -0.4 is 0 Å². The van der Waals surface area contributed by atoms with E-state index in [9.17, 15) is 19.5 Å². The highest BCUT2D eigenvalue weighted by molar-refractivity contribution is 6.44. The summed E-state index contributed by atoms with van der Waals surface area (Å²) in [4.78, 5) is 36.9. The molecule has 0 aromatic rings. The maximum absolute atomic E-state index is 17.2. The van der Waals surface area contributed by atoms with E-state index in [-0.39, 0.29) is 36.2 Å². The van der Waals surface area contributed by atoms with E-state index in [1.54, 1.807) is 20.8 Å². The van der Waals surface area contributed by atoms with E-state index in [0.29, 0.717) is 0 Å². The molecule has 0 aromatic carbocycles. The van der Waals surface area contributed by atoms with Crippen LogP contribution in [0.3, 0.4) is 0 Å². The van der Waals surface area contributed by atoms with Crippen LogP contribution in [0.1, 0.15) is 47.0 Å². The number of allylic oxidation sites excluding steroid dienone is 4. The summed E-state index contributed by atoms with van der Waals surface area (Å²) in [7, 11) is 0. The molecule has 1 N–H and O–H groups in total. The minimum Gasteiger partial charge on any atom is -0.390 e. The number of hydrogen-bond acceptors (Lipinski definition) is 6. The number of aldehydes is 1. The molecular weight excluding hydrogens is 458 g/mol. The topological polar surface area (TPSA) is 89.9 Å². The third-order valence-electron chi connectivity index (χ3n) is 9.15. The number of aliphatic hydroxyl groups excluding tert-OH is 1. The Morgan fingerprint density at radius 1 is 1.24 bits per heavy atom. The van der Waals surface area contributed by atoms with Crippen LogP contribution in [0, 0.1) is 22.7 Å². The number of carbonyl (C=O) groups excluding carboxylic acids is 3. The maximum atomic E-state index is 17.2. The summed E-state index contributed by atoms with van der Waals surface area (Å²) < 4.78 is 44.9. The summed E-state index contributed by atoms with van der Waals surface area (Å²) in [5.74, 6) is -4.25. The fraction of sp³-hybridized carbons (Fsp3) is 0.708. The van der Waals surface area contributed by atoms with E-state index >= 15 is 8.78 Å². The Labute approximate surface area is 195 Å². The minimum absolute atomic E-state index is 0.0381. The lowest BCUT2D eigenvalue weighted by atomic mass is 9.44. The zero-order valence-electron chi connectivity index (χ0n) is 18.9. The second kappa shape index (κ2) is 6.59. The van der Waals surface area contributed by atoms with Gasteiger partial charge in [-0.25, -0.2) is 8.78 Å². The molecule has 4 aliphatic carbocycles. The molecule has 1 aliphatic heterocycles. The number of rotatable bonds is 2. The van der Waals surface area contributed by atoms with Crippen molar-refractivity contribution < 1.29 is 37.7 Å². The fourth-order valence-corrected chi connectivity index (χ4v) is 8.15. The Balaban J connectivity index is 1.68. The zero-order chi connectivity index (χ0) is 24.4. The van der Waals surface area contributed by atoms with E-state index in [4.69, 9.17) is 21.1 Å². The standard InChI is InChI=1S/C24H27ClF2O6/c1-20(2)32-19-7-11-12-5-15(26)13-6-16(29)14(25)8-21(13,3)23(12,27)17(30)9-22(11,4)24(19,33-20)18(31)10-28/h6,8,10-12,15,17,19,30H,5,7,9H2,1-4H3/t11-,12-,15-,17-,19+,21-,22-,23-,24+/m0/s1. The first-order chi connectivity index (χ1) is 15.2. The summed E-state index contributed by atoms with van der Waals surface area (Å²) in [6.45, 7) is 6.41. The molecule has 5 rings (SSSR count). The highest BCUT2D eigenvalue weighted by Crippen LogP contribution is 2.72. The van der Waals surface area contributed by atoms with Gasteiger partial charge in [0.05, 0.1) is 17.2 Å². The number of ketones is 2. The Kier molecular flexibility index (Phi) is 4.65. The third kappa shape index (κ3) is 2.51. The Morgan fingerprint density at radius 2 is 1.91 bits per heavy atom. The van der Waals surface area contributed by atoms with Gasteiger partial charge in [-0.2, -0.15) is 0 Å². The van der Waals surface area contributed by atoms with Crippen molar-refractivity contribution in [3.05, 3.63) is 22.8 Å². The minimum atomic E-state index is -2.36. The second-order valence-electron chi connectivity index (χ2n) is 11.0. The van der Waals surface area contributed by atoms with Crippen LogP contribution in [0.4, 0.5) is 8.78 Å². The maximum Gasteiger partial charge on any atom is 0.230 e. The van der Waals surface area contributed by atoms with Crippen molar-refractivity contribution in [2.24, 2.45) is 22.7 Å². The molecule has 9 heteroatoms. The molecule has 0 unspecified atom stereocenters. The smallest absolute Gasteiger partial charge is 0.230 e. The van der Waals surface area contributed by atoms with Crippen LogP contribution in [0.5, 0.6) is 0 Å². The van der Waals surface area contributed by atoms with E-state index < -0.39 is 69.7 Å². The van der Waals surface area contributed by atoms with Crippen molar-refractivity contribution in [1.29, 1.82) is 0 Å². The first-order valence-corrected chi connectivity index (χ1v) is 11.6. The van der Waals surface area contributed by atoms with Crippen LogP contribution >= 0.6 is 11.6 Å². The number of aliphatic hydroxyl groups is 1. The van der Waals surface area contributed by atoms with Crippen LogP contribution in [0.15, 0.2) is 22.8 Å². The number of halogens is 3. The molecule has 9 atom stereocenters. The second-order valence-corrected chi connectivity index (χ2v) is 11.4. The number of alkyl halides is 2. The third-order valence-corrected chi connectivity index (χ3v) is 9.45. The molecule has 0 spiro atoms. The van der Waals surface area contributed by atoms with Gasteiger partial charge in [-0.05, 0) is 63.7 Å². The molecular formula is C24H27ClF2O6. The molecule has 3 saturated carbocycles. The molecule has 0 aromatic heterocycles. The van der Waals surface area contributed by atoms with Crippen molar-refractivity contribution in [2.75, 3.05) is 0 Å². The zero-order valence-corrected chi connectivity index (χ0v) is 19.6. The first-order valence-electron chi connectivity index (χ1n) is 11.2. The molecule has 0 bridgehead atoms. The summed E-state index contributed by atoms with van der Waals surface area (Å²) in [6.07, 6.45) is -2.00. The fourth-order valence-electron chi connectivity index (χ4n) is 7.88. The van der Waals surface area contributed by atoms with E-state index in [0.717, 1.165) is 6.08 Å². The van der Waals surface area contributed by atoms with Crippen LogP contribution in [0.25, 0.3) is 0 Å². The van der Waals surface area contributed by atoms with E-state index in [1.807, 2.05) is 0 Å². The average molecular weight is 485 g/mol. The molecule has 0 radical (unpaired) electrons. The number of hydrogen-bond donors (Lipinski definition) is 1. The Hall–Kier alpha value is -1.48. The normalized spacial score (nSPS) is 52.1. The molecule has 6 nitrogen and oxygen atoms in total. The van der Waals surface area contributed by atoms with Gasteiger partial charge in [-0.1, -0.05) is 18.5 Å². The van der Waals surface area contributed by atoms with E-state index in [2.05, 4.69) is 0 Å². The highest BCUT2D eigenvalue weighted by atomic mass is 35.5. The van der Waals surface area contributed by atoms with Crippen LogP contribution in [0.2, 0.25) is 0 Å². The number of Topliss-reactive ketones (excluding diaryl/α,β-unsaturated/α-hetero) is 1. The number of fused-ring (bicyclic) bond motifs is 7. The molecule has 5 aliphatic rings. The van der Waals surface area contributed by atoms with Gasteiger partial charge in [0.25, 0.3) is 0 Å². The lowest BCUT2D eigenvalue weighted by Gasteiger charge is -2.63. The van der Waals surface area contributed by atoms with Gasteiger partial charge in [0, 0.05) is 16.7 Å². The van der Waals surface area contributed by atoms with Crippen molar-refractivity contribution in [1.82, 2.24) is 0 Å². The molecule has 180 valence electrons. The summed E-state index contributed by atoms with van der Waals surface area (Å²) in [6, 6.07) is 0. The lowest BCUT2D eigenvalue weighted by Crippen LogP contribution is -2.71. The van der Waals surface area contributed by atoms with Gasteiger partial charge < -0.3 is 14.6 Å². The Bertz CT molecular complexity index is 1040. The lowest BCUT2D eigenvalue weighted by molar-refractivity contribution is -0.247. The predicted molar refractivity (Wildman–Crippen MR) is 113 cm³/mol. The van der Waals surface area contributed by atoms with Crippen LogP contribution in [-0.2, 0) is 23.9 Å². The quantitative estimate of drug-likeness (QED) is 0.478. The molecule has 1 heterocycles. The van der Waals surface area contributed by atoms with Crippen molar-refractivity contribution >= 4 is 29.5 Å². The monoisotopic (exact) mass is 484 g/mol. The molecule has 4 fully saturated rings. The average Bonchev–Trinajstić information content (AvgIpc) is 3.12. The van der Waals surface area contributed by atoms with Gasteiger partial charge in [-0.15, -0.1) is 0 Å². The Morgan fingerprint density at radius 3 is 2.55 bits per heavy atom. The predicted octanol–water partition coefficient (Wildman–Crippen LogP) is 3.14. The van der Waals surface area contributed by atoms with Crippen molar-refractivity contribution in [3.63, 3.8) is 0 Å². The molecule has 33 heavy (non-hydrogen) atoms. The number of ether oxygens (including phenoxy) is 2. The summed E-state index contributed by atoms with van der Waals surface area (Å²) in [5.41, 5.74) is -6.93. The van der Waals surface area contributed by atoms with Crippen molar-refractivity contribution in [3.8, 4) is 0 Å². The highest BCUT2D eigenvalue weighted by Gasteiger charge is 2.80. The van der Waals surface area contributed by atoms with Gasteiger partial charge in [0.15, 0.2) is 29.1 Å². The molecule has 1 saturated heterocycles. The van der Waals surface area contributed by atoms with Crippen LogP contribution in [-0.4, -0.2) is 58.4 Å². The van der Waals surface area contributed by atoms with Gasteiger partial charge in [0.2, 0.25) is 5.78 Å². The van der Waals surface area contributed by atoms with Gasteiger partial charge in [-0.3, -0.25) is 14.4 Å². The number of carbonyl (C=O) groups is 3. The molecule has 0 amide bonds. The first kappa shape index (κ1) is 23.3. The SMILES string of the molecule is CC1(C)O[C@@H]2C[C@H]3[C@@H]4C[C@H](F)C5=CC(=O)C(Cl)=C[C@]5(C)[C@@]4(F)[C@@H](O)C[C@]3(C)[C@]2(C(=O)C=O)O1. The van der Waals surface area contributed by atoms with E-state index in [1.165, 1.54) is 13.0 Å². The summed E-state index contributed by atoms with van der Waals surface area (Å²) in [5, 5.41) is 11.1.